The van der Waals surface area contributed by atoms with E-state index in [-0.39, 0.29) is 24.2 Å². The van der Waals surface area contributed by atoms with E-state index in [9.17, 15) is 13.6 Å². The molecule has 2 aromatic rings. The molecule has 2 N–H and O–H groups in total. The van der Waals surface area contributed by atoms with Gasteiger partial charge in [-0.1, -0.05) is 30.3 Å². The van der Waals surface area contributed by atoms with E-state index in [0.717, 1.165) is 5.56 Å². The van der Waals surface area contributed by atoms with Crippen molar-refractivity contribution in [2.24, 2.45) is 0 Å². The number of urea groups is 1. The van der Waals surface area contributed by atoms with Crippen LogP contribution < -0.4 is 10.6 Å². The van der Waals surface area contributed by atoms with Gasteiger partial charge >= 0.3 is 6.03 Å². The minimum absolute atomic E-state index is 0.134. The smallest absolute Gasteiger partial charge is 0.315 e. The van der Waals surface area contributed by atoms with E-state index in [4.69, 9.17) is 0 Å². The molecule has 0 fully saturated rings. The molecule has 0 atom stereocenters. The number of amides is 2. The third kappa shape index (κ3) is 4.87. The summed E-state index contributed by atoms with van der Waals surface area (Å²) in [5, 5.41) is 5.25. The van der Waals surface area contributed by atoms with Gasteiger partial charge in [0.05, 0.1) is 0 Å². The molecule has 21 heavy (non-hydrogen) atoms. The maximum Gasteiger partial charge on any atom is 0.315 e. The fraction of sp³-hybridized carbons (Fsp3) is 0.188. The Labute approximate surface area is 122 Å². The Balaban J connectivity index is 1.70. The molecule has 0 heterocycles. The Kier molecular flexibility index (Phi) is 5.26. The standard InChI is InChI=1S/C16H16F2N2O/c17-14-7-5-12(6-8-14)9-10-19-16(21)20-11-13-3-1-2-4-15(13)18/h1-8H,9-11H2,(H2,19,20,21). The molecule has 110 valence electrons. The van der Waals surface area contributed by atoms with Crippen LogP contribution in [0.25, 0.3) is 0 Å². The van der Waals surface area contributed by atoms with Crippen LogP contribution in [0.4, 0.5) is 13.6 Å². The molecular weight excluding hydrogens is 274 g/mol. The van der Waals surface area contributed by atoms with Crippen LogP contribution in [0.2, 0.25) is 0 Å². The summed E-state index contributed by atoms with van der Waals surface area (Å²) < 4.78 is 26.1. The molecular formula is C16H16F2N2O. The van der Waals surface area contributed by atoms with Crippen molar-refractivity contribution in [1.82, 2.24) is 10.6 Å². The lowest BCUT2D eigenvalue weighted by Gasteiger charge is -2.08. The lowest BCUT2D eigenvalue weighted by Crippen LogP contribution is -2.36. The van der Waals surface area contributed by atoms with Gasteiger partial charge in [0.15, 0.2) is 0 Å². The highest BCUT2D eigenvalue weighted by Crippen LogP contribution is 2.05. The van der Waals surface area contributed by atoms with Gasteiger partial charge in [0.2, 0.25) is 0 Å². The third-order valence-electron chi connectivity index (χ3n) is 3.01. The summed E-state index contributed by atoms with van der Waals surface area (Å²) in [6, 6.07) is 12.0. The minimum Gasteiger partial charge on any atom is -0.338 e. The Morgan fingerprint density at radius 2 is 1.67 bits per heavy atom. The monoisotopic (exact) mass is 290 g/mol. The summed E-state index contributed by atoms with van der Waals surface area (Å²) in [5.41, 5.74) is 1.37. The van der Waals surface area contributed by atoms with Crippen LogP contribution in [0.5, 0.6) is 0 Å². The van der Waals surface area contributed by atoms with E-state index >= 15 is 0 Å². The van der Waals surface area contributed by atoms with E-state index < -0.39 is 0 Å². The summed E-state index contributed by atoms with van der Waals surface area (Å²) in [4.78, 5) is 11.6. The van der Waals surface area contributed by atoms with Gasteiger partial charge in [-0.15, -0.1) is 0 Å². The molecule has 5 heteroatoms. The Morgan fingerprint density at radius 3 is 2.38 bits per heavy atom. The van der Waals surface area contributed by atoms with E-state index in [2.05, 4.69) is 10.6 Å². The molecule has 0 aromatic heterocycles. The fourth-order valence-electron chi connectivity index (χ4n) is 1.85. The maximum absolute atomic E-state index is 13.3. The predicted octanol–water partition coefficient (Wildman–Crippen LogP) is 3.01. The highest BCUT2D eigenvalue weighted by molar-refractivity contribution is 5.73. The van der Waals surface area contributed by atoms with Crippen LogP contribution in [-0.4, -0.2) is 12.6 Å². The third-order valence-corrected chi connectivity index (χ3v) is 3.01. The number of carbonyl (C=O) groups is 1. The molecule has 0 saturated carbocycles. The van der Waals surface area contributed by atoms with Gasteiger partial charge in [-0.25, -0.2) is 13.6 Å². The quantitative estimate of drug-likeness (QED) is 0.873. The van der Waals surface area contributed by atoms with E-state index in [0.29, 0.717) is 18.5 Å². The van der Waals surface area contributed by atoms with Gasteiger partial charge < -0.3 is 10.6 Å². The molecule has 0 unspecified atom stereocenters. The summed E-state index contributed by atoms with van der Waals surface area (Å²) in [5.74, 6) is -0.626. The second-order valence-electron chi connectivity index (χ2n) is 4.58. The van der Waals surface area contributed by atoms with Crippen molar-refractivity contribution in [1.29, 1.82) is 0 Å². The van der Waals surface area contributed by atoms with Crippen LogP contribution in [-0.2, 0) is 13.0 Å². The first-order chi connectivity index (χ1) is 10.1. The summed E-state index contributed by atoms with van der Waals surface area (Å²) in [7, 11) is 0. The lowest BCUT2D eigenvalue weighted by atomic mass is 10.1. The highest BCUT2D eigenvalue weighted by Gasteiger charge is 2.03. The van der Waals surface area contributed by atoms with Gasteiger partial charge in [-0.2, -0.15) is 0 Å². The largest absolute Gasteiger partial charge is 0.338 e. The summed E-state index contributed by atoms with van der Waals surface area (Å²) in [6.07, 6.45) is 0.605. The molecule has 2 aromatic carbocycles. The normalized spacial score (nSPS) is 10.2. The first kappa shape index (κ1) is 15.0. The second-order valence-corrected chi connectivity index (χ2v) is 4.58. The average Bonchev–Trinajstić information content (AvgIpc) is 2.48. The van der Waals surface area contributed by atoms with Gasteiger partial charge in [0, 0.05) is 18.7 Å². The van der Waals surface area contributed by atoms with Crippen LogP contribution in [0.3, 0.4) is 0 Å². The first-order valence-corrected chi connectivity index (χ1v) is 6.65. The topological polar surface area (TPSA) is 41.1 Å². The van der Waals surface area contributed by atoms with E-state index in [1.54, 1.807) is 30.3 Å². The number of halogens is 2. The van der Waals surface area contributed by atoms with Crippen molar-refractivity contribution in [2.45, 2.75) is 13.0 Å². The van der Waals surface area contributed by atoms with Crippen LogP contribution in [0.15, 0.2) is 48.5 Å². The lowest BCUT2D eigenvalue weighted by molar-refractivity contribution is 0.240. The van der Waals surface area contributed by atoms with Gasteiger partial charge in [0.1, 0.15) is 11.6 Å². The molecule has 0 saturated heterocycles. The van der Waals surface area contributed by atoms with Crippen LogP contribution >= 0.6 is 0 Å². The average molecular weight is 290 g/mol. The molecule has 0 aliphatic carbocycles. The van der Waals surface area contributed by atoms with E-state index in [1.165, 1.54) is 18.2 Å². The Hall–Kier alpha value is -2.43. The SMILES string of the molecule is O=C(NCCc1ccc(F)cc1)NCc1ccccc1F. The number of benzene rings is 2. The molecule has 0 aliphatic rings. The number of rotatable bonds is 5. The number of hydrogen-bond donors (Lipinski definition) is 2. The molecule has 2 amide bonds. The molecule has 2 rings (SSSR count). The van der Waals surface area contributed by atoms with Gasteiger partial charge in [-0.05, 0) is 30.2 Å². The molecule has 0 spiro atoms. The zero-order chi connectivity index (χ0) is 15.1. The van der Waals surface area contributed by atoms with Gasteiger partial charge in [0.25, 0.3) is 0 Å². The van der Waals surface area contributed by atoms with Crippen molar-refractivity contribution in [3.8, 4) is 0 Å². The maximum atomic E-state index is 13.3. The predicted molar refractivity (Wildman–Crippen MR) is 76.7 cm³/mol. The molecule has 0 radical (unpaired) electrons. The van der Waals surface area contributed by atoms with Crippen LogP contribution in [0, 0.1) is 11.6 Å². The van der Waals surface area contributed by atoms with Crippen molar-refractivity contribution in [3.05, 3.63) is 71.3 Å². The number of hydrogen-bond acceptors (Lipinski definition) is 1. The summed E-state index contributed by atoms with van der Waals surface area (Å²) >= 11 is 0. The minimum atomic E-state index is -0.361. The number of carbonyl (C=O) groups excluding carboxylic acids is 1. The zero-order valence-corrected chi connectivity index (χ0v) is 11.4. The first-order valence-electron chi connectivity index (χ1n) is 6.65. The van der Waals surface area contributed by atoms with Crippen molar-refractivity contribution >= 4 is 6.03 Å². The number of nitrogens with one attached hydrogen (secondary N) is 2. The van der Waals surface area contributed by atoms with Crippen molar-refractivity contribution < 1.29 is 13.6 Å². The summed E-state index contributed by atoms with van der Waals surface area (Å²) in [6.45, 7) is 0.559. The second kappa shape index (κ2) is 7.38. The molecule has 3 nitrogen and oxygen atoms in total. The Bertz CT molecular complexity index is 599. The van der Waals surface area contributed by atoms with E-state index in [1.807, 2.05) is 0 Å². The van der Waals surface area contributed by atoms with Gasteiger partial charge in [-0.3, -0.25) is 0 Å². The molecule has 0 aliphatic heterocycles. The van der Waals surface area contributed by atoms with Crippen molar-refractivity contribution in [2.75, 3.05) is 6.54 Å². The van der Waals surface area contributed by atoms with Crippen LogP contribution in [0.1, 0.15) is 11.1 Å². The molecule has 0 bridgehead atoms. The Morgan fingerprint density at radius 1 is 0.952 bits per heavy atom. The van der Waals surface area contributed by atoms with Crippen molar-refractivity contribution in [3.63, 3.8) is 0 Å². The fourth-order valence-corrected chi connectivity index (χ4v) is 1.85. The zero-order valence-electron chi connectivity index (χ0n) is 11.4. The highest BCUT2D eigenvalue weighted by atomic mass is 19.1.